The average Bonchev–Trinajstić information content (AvgIpc) is 2.48. The van der Waals surface area contributed by atoms with Crippen LogP contribution >= 0.6 is 0 Å². The number of hydrogen-bond acceptors (Lipinski definition) is 4. The summed E-state index contributed by atoms with van der Waals surface area (Å²) < 4.78 is 5.94. The molecule has 2 aliphatic rings. The Labute approximate surface area is 115 Å². The van der Waals surface area contributed by atoms with E-state index in [1.807, 2.05) is 12.3 Å². The highest BCUT2D eigenvalue weighted by Crippen LogP contribution is 2.32. The fourth-order valence-electron chi connectivity index (χ4n) is 3.40. The molecule has 1 aliphatic heterocycles. The van der Waals surface area contributed by atoms with Gasteiger partial charge < -0.3 is 15.4 Å². The Morgan fingerprint density at radius 3 is 3.16 bits per heavy atom. The predicted molar refractivity (Wildman–Crippen MR) is 76.3 cm³/mol. The van der Waals surface area contributed by atoms with Crippen molar-refractivity contribution in [3.05, 3.63) is 23.9 Å². The van der Waals surface area contributed by atoms with Crippen molar-refractivity contribution in [3.8, 4) is 0 Å². The molecule has 2 atom stereocenters. The van der Waals surface area contributed by atoms with Crippen LogP contribution in [0.4, 0.5) is 5.82 Å². The highest BCUT2D eigenvalue weighted by Gasteiger charge is 2.35. The smallest absolute Gasteiger partial charge is 0.132 e. The first kappa shape index (κ1) is 12.9. The summed E-state index contributed by atoms with van der Waals surface area (Å²) in [5.41, 5.74) is 6.99. The molecule has 0 bridgehead atoms. The minimum absolute atomic E-state index is 0.398. The largest absolute Gasteiger partial charge is 0.374 e. The van der Waals surface area contributed by atoms with Crippen LogP contribution in [0.3, 0.4) is 0 Å². The molecular formula is C15H23N3O. The second-order valence-electron chi connectivity index (χ2n) is 5.48. The first-order valence-corrected chi connectivity index (χ1v) is 7.42. The first-order valence-electron chi connectivity index (χ1n) is 7.42. The van der Waals surface area contributed by atoms with Crippen molar-refractivity contribution < 1.29 is 4.74 Å². The van der Waals surface area contributed by atoms with E-state index in [-0.39, 0.29) is 0 Å². The minimum atomic E-state index is 0.398. The van der Waals surface area contributed by atoms with Gasteiger partial charge in [-0.05, 0) is 37.4 Å². The van der Waals surface area contributed by atoms with E-state index >= 15 is 0 Å². The van der Waals surface area contributed by atoms with Crippen LogP contribution in [0, 0.1) is 0 Å². The van der Waals surface area contributed by atoms with Gasteiger partial charge in [-0.25, -0.2) is 4.98 Å². The van der Waals surface area contributed by atoms with Crippen molar-refractivity contribution in [2.24, 2.45) is 5.73 Å². The quantitative estimate of drug-likeness (QED) is 0.900. The average molecular weight is 261 g/mol. The zero-order valence-electron chi connectivity index (χ0n) is 11.4. The highest BCUT2D eigenvalue weighted by molar-refractivity contribution is 5.48. The molecule has 4 nitrogen and oxygen atoms in total. The molecule has 1 aromatic heterocycles. The van der Waals surface area contributed by atoms with Crippen LogP contribution in [-0.4, -0.2) is 36.8 Å². The van der Waals surface area contributed by atoms with Crippen LogP contribution in [0.15, 0.2) is 18.3 Å². The third-order valence-corrected chi connectivity index (χ3v) is 4.29. The van der Waals surface area contributed by atoms with E-state index < -0.39 is 0 Å². The van der Waals surface area contributed by atoms with E-state index in [0.717, 1.165) is 25.4 Å². The second-order valence-corrected chi connectivity index (χ2v) is 5.48. The summed E-state index contributed by atoms with van der Waals surface area (Å²) in [6.07, 6.45) is 8.21. The molecule has 3 rings (SSSR count). The Balaban J connectivity index is 1.87. The molecule has 2 fully saturated rings. The third-order valence-electron chi connectivity index (χ3n) is 4.29. The summed E-state index contributed by atoms with van der Waals surface area (Å²) in [5.74, 6) is 1.13. The molecule has 2 heterocycles. The van der Waals surface area contributed by atoms with Crippen LogP contribution in [0.25, 0.3) is 0 Å². The number of hydrogen-bond donors (Lipinski definition) is 1. The minimum Gasteiger partial charge on any atom is -0.374 e. The predicted octanol–water partition coefficient (Wildman–Crippen LogP) is 1.73. The number of nitrogens with zero attached hydrogens (tertiary/aromatic N) is 2. The van der Waals surface area contributed by atoms with Gasteiger partial charge >= 0.3 is 0 Å². The molecule has 0 radical (unpaired) electrons. The van der Waals surface area contributed by atoms with Crippen LogP contribution in [0.5, 0.6) is 0 Å². The van der Waals surface area contributed by atoms with Crippen molar-refractivity contribution in [3.63, 3.8) is 0 Å². The Hall–Kier alpha value is -1.13. The fourth-order valence-corrected chi connectivity index (χ4v) is 3.40. The lowest BCUT2D eigenvalue weighted by molar-refractivity contribution is -0.00904. The number of morpholine rings is 1. The molecule has 1 aromatic rings. The summed E-state index contributed by atoms with van der Waals surface area (Å²) in [7, 11) is 0. The van der Waals surface area contributed by atoms with Gasteiger partial charge in [-0.15, -0.1) is 0 Å². The molecule has 2 unspecified atom stereocenters. The normalized spacial score (nSPS) is 27.1. The SMILES string of the molecule is NCCc1cccnc1N1CCOC2CCCCC21. The number of anilines is 1. The second kappa shape index (κ2) is 5.88. The molecule has 0 spiro atoms. The van der Waals surface area contributed by atoms with Gasteiger partial charge in [0.15, 0.2) is 0 Å². The van der Waals surface area contributed by atoms with Crippen LogP contribution in [0.1, 0.15) is 31.2 Å². The molecule has 2 N–H and O–H groups in total. The van der Waals surface area contributed by atoms with Gasteiger partial charge in [-0.2, -0.15) is 0 Å². The van der Waals surface area contributed by atoms with E-state index in [1.54, 1.807) is 0 Å². The molecule has 1 aliphatic carbocycles. The molecule has 1 saturated carbocycles. The molecule has 104 valence electrons. The van der Waals surface area contributed by atoms with Crippen molar-refractivity contribution in [1.82, 2.24) is 4.98 Å². The standard InChI is InChI=1S/C15H23N3O/c16-8-7-12-4-3-9-17-15(12)18-10-11-19-14-6-2-1-5-13(14)18/h3-4,9,13-14H,1-2,5-8,10-11,16H2. The number of nitrogens with two attached hydrogens (primary N) is 1. The summed E-state index contributed by atoms with van der Waals surface area (Å²) in [4.78, 5) is 7.10. The van der Waals surface area contributed by atoms with Gasteiger partial charge in [0.05, 0.1) is 18.8 Å². The Bertz CT molecular complexity index is 422. The van der Waals surface area contributed by atoms with Crippen LogP contribution in [0.2, 0.25) is 0 Å². The maximum atomic E-state index is 5.94. The number of rotatable bonds is 3. The molecular weight excluding hydrogens is 238 g/mol. The molecule has 4 heteroatoms. The Kier molecular flexibility index (Phi) is 3.99. The van der Waals surface area contributed by atoms with Crippen molar-refractivity contribution >= 4 is 5.82 Å². The highest BCUT2D eigenvalue weighted by atomic mass is 16.5. The lowest BCUT2D eigenvalue weighted by atomic mass is 9.90. The van der Waals surface area contributed by atoms with Gasteiger partial charge in [0.1, 0.15) is 5.82 Å². The Morgan fingerprint density at radius 2 is 2.26 bits per heavy atom. The van der Waals surface area contributed by atoms with Gasteiger partial charge in [-0.1, -0.05) is 18.9 Å². The topological polar surface area (TPSA) is 51.4 Å². The van der Waals surface area contributed by atoms with Gasteiger partial charge in [0.2, 0.25) is 0 Å². The van der Waals surface area contributed by atoms with Crippen molar-refractivity contribution in [2.45, 2.75) is 44.2 Å². The fraction of sp³-hybridized carbons (Fsp3) is 0.667. The zero-order valence-corrected chi connectivity index (χ0v) is 11.4. The number of aromatic nitrogens is 1. The number of pyridine rings is 1. The van der Waals surface area contributed by atoms with Gasteiger partial charge in [0, 0.05) is 12.7 Å². The van der Waals surface area contributed by atoms with Crippen LogP contribution < -0.4 is 10.6 Å². The van der Waals surface area contributed by atoms with Crippen LogP contribution in [-0.2, 0) is 11.2 Å². The lowest BCUT2D eigenvalue weighted by Crippen LogP contribution is -2.53. The third kappa shape index (κ3) is 2.60. The number of ether oxygens (including phenoxy) is 1. The monoisotopic (exact) mass is 261 g/mol. The molecule has 0 amide bonds. The maximum Gasteiger partial charge on any atom is 0.132 e. The Morgan fingerprint density at radius 1 is 1.37 bits per heavy atom. The van der Waals surface area contributed by atoms with E-state index in [2.05, 4.69) is 16.0 Å². The van der Waals surface area contributed by atoms with E-state index in [9.17, 15) is 0 Å². The van der Waals surface area contributed by atoms with Crippen molar-refractivity contribution in [1.29, 1.82) is 0 Å². The summed E-state index contributed by atoms with van der Waals surface area (Å²) >= 11 is 0. The molecule has 0 aromatic carbocycles. The lowest BCUT2D eigenvalue weighted by Gasteiger charge is -2.45. The molecule has 1 saturated heterocycles. The summed E-state index contributed by atoms with van der Waals surface area (Å²) in [6.45, 7) is 2.45. The van der Waals surface area contributed by atoms with E-state index in [0.29, 0.717) is 18.7 Å². The van der Waals surface area contributed by atoms with E-state index in [4.69, 9.17) is 10.5 Å². The van der Waals surface area contributed by atoms with E-state index in [1.165, 1.54) is 31.2 Å². The molecule has 19 heavy (non-hydrogen) atoms. The van der Waals surface area contributed by atoms with Gasteiger partial charge in [0.25, 0.3) is 0 Å². The first-order chi connectivity index (χ1) is 9.40. The number of fused-ring (bicyclic) bond motifs is 1. The maximum absolute atomic E-state index is 5.94. The zero-order chi connectivity index (χ0) is 13.1. The van der Waals surface area contributed by atoms with Gasteiger partial charge in [-0.3, -0.25) is 0 Å². The summed E-state index contributed by atoms with van der Waals surface area (Å²) in [5, 5.41) is 0. The van der Waals surface area contributed by atoms with Crippen molar-refractivity contribution in [2.75, 3.05) is 24.6 Å². The summed E-state index contributed by atoms with van der Waals surface area (Å²) in [6, 6.07) is 4.67.